The van der Waals surface area contributed by atoms with Crippen molar-refractivity contribution in [3.05, 3.63) is 0 Å². The topological polar surface area (TPSA) is 84.7 Å². The molecule has 2 amide bonds. The zero-order valence-corrected chi connectivity index (χ0v) is 11.0. The highest BCUT2D eigenvalue weighted by Gasteiger charge is 2.39. The normalized spacial score (nSPS) is 38.8. The van der Waals surface area contributed by atoms with Gasteiger partial charge in [0.2, 0.25) is 11.8 Å². The monoisotopic (exact) mass is 267 g/mol. The molecule has 3 rings (SSSR count). The predicted molar refractivity (Wildman–Crippen MR) is 68.1 cm³/mol. The summed E-state index contributed by atoms with van der Waals surface area (Å²) in [5.74, 6) is 0.483. The van der Waals surface area contributed by atoms with Crippen molar-refractivity contribution in [2.75, 3.05) is 26.3 Å². The standard InChI is InChI=1S/C13H21N3O3/c14-10-7-19-6-9(10)13(18)16-4-3-11-8(5-16)1-2-12(17)15-11/h8-11H,1-7,14H2,(H,15,17). The summed E-state index contributed by atoms with van der Waals surface area (Å²) in [6.07, 6.45) is 2.31. The first kappa shape index (κ1) is 12.9. The fraction of sp³-hybridized carbons (Fsp3) is 0.846. The maximum absolute atomic E-state index is 12.4. The largest absolute Gasteiger partial charge is 0.379 e. The van der Waals surface area contributed by atoms with Crippen molar-refractivity contribution in [2.24, 2.45) is 17.6 Å². The molecule has 3 aliphatic rings. The van der Waals surface area contributed by atoms with E-state index in [-0.39, 0.29) is 29.8 Å². The molecule has 0 aromatic carbocycles. The number of fused-ring (bicyclic) bond motifs is 1. The second-order valence-electron chi connectivity index (χ2n) is 5.85. The summed E-state index contributed by atoms with van der Waals surface area (Å²) in [6.45, 7) is 2.38. The molecule has 0 aromatic rings. The lowest BCUT2D eigenvalue weighted by Crippen LogP contribution is -2.56. The Morgan fingerprint density at radius 1 is 1.37 bits per heavy atom. The molecule has 0 aromatic heterocycles. The van der Waals surface area contributed by atoms with Gasteiger partial charge in [-0.15, -0.1) is 0 Å². The van der Waals surface area contributed by atoms with Crippen LogP contribution in [0.25, 0.3) is 0 Å². The number of carbonyl (C=O) groups is 2. The average Bonchev–Trinajstić information content (AvgIpc) is 2.83. The molecule has 3 fully saturated rings. The maximum atomic E-state index is 12.4. The second-order valence-corrected chi connectivity index (χ2v) is 5.85. The van der Waals surface area contributed by atoms with Gasteiger partial charge < -0.3 is 20.7 Å². The molecule has 19 heavy (non-hydrogen) atoms. The van der Waals surface area contributed by atoms with E-state index in [9.17, 15) is 9.59 Å². The molecule has 0 spiro atoms. The van der Waals surface area contributed by atoms with Gasteiger partial charge in [-0.3, -0.25) is 9.59 Å². The molecule has 6 heteroatoms. The van der Waals surface area contributed by atoms with E-state index in [0.717, 1.165) is 19.4 Å². The fourth-order valence-corrected chi connectivity index (χ4v) is 3.37. The third-order valence-electron chi connectivity index (χ3n) is 4.58. The van der Waals surface area contributed by atoms with Crippen molar-refractivity contribution < 1.29 is 14.3 Å². The van der Waals surface area contributed by atoms with Gasteiger partial charge in [0.15, 0.2) is 0 Å². The molecule has 3 aliphatic heterocycles. The number of nitrogens with two attached hydrogens (primary N) is 1. The molecule has 0 aliphatic carbocycles. The Hall–Kier alpha value is -1.14. The number of ether oxygens (including phenoxy) is 1. The van der Waals surface area contributed by atoms with E-state index >= 15 is 0 Å². The molecule has 3 saturated heterocycles. The molecule has 4 atom stereocenters. The summed E-state index contributed by atoms with van der Waals surface area (Å²) >= 11 is 0. The lowest BCUT2D eigenvalue weighted by Gasteiger charge is -2.42. The molecule has 0 saturated carbocycles. The van der Waals surface area contributed by atoms with Crippen LogP contribution in [0, 0.1) is 11.8 Å². The molecule has 6 nitrogen and oxygen atoms in total. The third-order valence-corrected chi connectivity index (χ3v) is 4.58. The number of carbonyl (C=O) groups excluding carboxylic acids is 2. The summed E-state index contributed by atoms with van der Waals surface area (Å²) in [6, 6.07) is 0.0788. The molecule has 0 radical (unpaired) electrons. The van der Waals surface area contributed by atoms with Crippen LogP contribution in [0.3, 0.4) is 0 Å². The van der Waals surface area contributed by atoms with E-state index in [1.165, 1.54) is 0 Å². The summed E-state index contributed by atoms with van der Waals surface area (Å²) in [7, 11) is 0. The van der Waals surface area contributed by atoms with Crippen molar-refractivity contribution in [1.82, 2.24) is 10.2 Å². The van der Waals surface area contributed by atoms with Crippen LogP contribution in [0.5, 0.6) is 0 Å². The zero-order valence-electron chi connectivity index (χ0n) is 11.0. The van der Waals surface area contributed by atoms with Crippen LogP contribution in [0.4, 0.5) is 0 Å². The van der Waals surface area contributed by atoms with Crippen molar-refractivity contribution in [1.29, 1.82) is 0 Å². The van der Waals surface area contributed by atoms with E-state index in [2.05, 4.69) is 5.32 Å². The minimum Gasteiger partial charge on any atom is -0.379 e. The molecular weight excluding hydrogens is 246 g/mol. The Balaban J connectivity index is 1.61. The summed E-state index contributed by atoms with van der Waals surface area (Å²) in [5.41, 5.74) is 5.91. The van der Waals surface area contributed by atoms with Gasteiger partial charge in [-0.25, -0.2) is 0 Å². The van der Waals surface area contributed by atoms with Gasteiger partial charge in [0.1, 0.15) is 0 Å². The van der Waals surface area contributed by atoms with Gasteiger partial charge in [-0.05, 0) is 18.8 Å². The van der Waals surface area contributed by atoms with Gasteiger partial charge in [-0.1, -0.05) is 0 Å². The SMILES string of the molecule is NC1COCC1C(=O)N1CCC2NC(=O)CCC2C1. The number of likely N-dealkylation sites (tertiary alicyclic amines) is 1. The Morgan fingerprint density at radius 2 is 2.21 bits per heavy atom. The molecular formula is C13H21N3O3. The zero-order chi connectivity index (χ0) is 13.4. The van der Waals surface area contributed by atoms with Crippen LogP contribution in [0.15, 0.2) is 0 Å². The number of nitrogens with one attached hydrogen (secondary N) is 1. The number of amides is 2. The first-order valence-electron chi connectivity index (χ1n) is 7.06. The highest BCUT2D eigenvalue weighted by Crippen LogP contribution is 2.27. The lowest BCUT2D eigenvalue weighted by molar-refractivity contribution is -0.139. The first-order chi connectivity index (χ1) is 9.15. The smallest absolute Gasteiger partial charge is 0.229 e. The average molecular weight is 267 g/mol. The minimum atomic E-state index is -0.185. The van der Waals surface area contributed by atoms with Gasteiger partial charge in [0, 0.05) is 31.6 Å². The van der Waals surface area contributed by atoms with Gasteiger partial charge >= 0.3 is 0 Å². The van der Waals surface area contributed by atoms with Crippen LogP contribution in [-0.2, 0) is 14.3 Å². The molecule has 0 bridgehead atoms. The van der Waals surface area contributed by atoms with E-state index in [4.69, 9.17) is 10.5 Å². The van der Waals surface area contributed by atoms with Crippen LogP contribution in [0.2, 0.25) is 0 Å². The Morgan fingerprint density at radius 3 is 2.95 bits per heavy atom. The van der Waals surface area contributed by atoms with Gasteiger partial charge in [-0.2, -0.15) is 0 Å². The van der Waals surface area contributed by atoms with E-state index in [0.29, 0.717) is 32.1 Å². The summed E-state index contributed by atoms with van der Waals surface area (Å²) in [4.78, 5) is 25.7. The maximum Gasteiger partial charge on any atom is 0.229 e. The first-order valence-corrected chi connectivity index (χ1v) is 7.06. The van der Waals surface area contributed by atoms with E-state index in [1.807, 2.05) is 4.90 Å². The quantitative estimate of drug-likeness (QED) is 0.644. The minimum absolute atomic E-state index is 0.125. The highest BCUT2D eigenvalue weighted by molar-refractivity contribution is 5.80. The molecule has 3 heterocycles. The van der Waals surface area contributed by atoms with Crippen molar-refractivity contribution in [3.8, 4) is 0 Å². The van der Waals surface area contributed by atoms with E-state index < -0.39 is 0 Å². The summed E-state index contributed by atoms with van der Waals surface area (Å²) in [5, 5.41) is 3.03. The van der Waals surface area contributed by atoms with Crippen LogP contribution >= 0.6 is 0 Å². The predicted octanol–water partition coefficient (Wildman–Crippen LogP) is -0.913. The van der Waals surface area contributed by atoms with Gasteiger partial charge in [0.25, 0.3) is 0 Å². The molecule has 106 valence electrons. The Labute approximate surface area is 112 Å². The number of hydrogen-bond donors (Lipinski definition) is 2. The Kier molecular flexibility index (Phi) is 3.45. The van der Waals surface area contributed by atoms with Crippen LogP contribution in [-0.4, -0.2) is 55.1 Å². The third kappa shape index (κ3) is 2.47. The van der Waals surface area contributed by atoms with Gasteiger partial charge in [0.05, 0.1) is 19.1 Å². The second kappa shape index (κ2) is 5.09. The number of nitrogens with zero attached hydrogens (tertiary/aromatic N) is 1. The number of piperidine rings is 2. The summed E-state index contributed by atoms with van der Waals surface area (Å²) < 4.78 is 5.27. The van der Waals surface area contributed by atoms with Crippen molar-refractivity contribution in [2.45, 2.75) is 31.3 Å². The van der Waals surface area contributed by atoms with Crippen molar-refractivity contribution in [3.63, 3.8) is 0 Å². The molecule has 3 N–H and O–H groups in total. The highest BCUT2D eigenvalue weighted by atomic mass is 16.5. The van der Waals surface area contributed by atoms with Crippen molar-refractivity contribution >= 4 is 11.8 Å². The molecule has 4 unspecified atom stereocenters. The van der Waals surface area contributed by atoms with Crippen LogP contribution in [0.1, 0.15) is 19.3 Å². The fourth-order valence-electron chi connectivity index (χ4n) is 3.37. The lowest BCUT2D eigenvalue weighted by atomic mass is 9.84. The number of rotatable bonds is 1. The number of hydrogen-bond acceptors (Lipinski definition) is 4. The Bertz CT molecular complexity index is 387. The van der Waals surface area contributed by atoms with Crippen LogP contribution < -0.4 is 11.1 Å². The van der Waals surface area contributed by atoms with E-state index in [1.54, 1.807) is 0 Å².